The van der Waals surface area contributed by atoms with E-state index in [1.807, 2.05) is 40.4 Å². The maximum absolute atomic E-state index is 14.2. The Kier molecular flexibility index (Phi) is 13.0. The number of amides is 2. The quantitative estimate of drug-likeness (QED) is 0.104. The number of hydrogen-bond donors (Lipinski definition) is 2. The first kappa shape index (κ1) is 40.1. The van der Waals surface area contributed by atoms with E-state index in [4.69, 9.17) is 9.97 Å². The van der Waals surface area contributed by atoms with Gasteiger partial charge in [-0.05, 0) is 99.4 Å². The zero-order chi connectivity index (χ0) is 39.9. The molecule has 10 heteroatoms. The Morgan fingerprint density at radius 2 is 1.11 bits per heavy atom. The normalized spacial score (nSPS) is 18.2. The minimum Gasteiger partial charge on any atom is -0.340 e. The molecular weight excluding hydrogens is 709 g/mol. The van der Waals surface area contributed by atoms with Crippen LogP contribution in [0.15, 0.2) is 91.3 Å². The highest BCUT2D eigenvalue weighted by atomic mass is 16.2. The number of imidazole rings is 2. The predicted molar refractivity (Wildman–Crippen MR) is 228 cm³/mol. The lowest BCUT2D eigenvalue weighted by atomic mass is 10.0. The van der Waals surface area contributed by atoms with Crippen LogP contribution in [0.5, 0.6) is 0 Å². The van der Waals surface area contributed by atoms with Gasteiger partial charge >= 0.3 is 0 Å². The van der Waals surface area contributed by atoms with Crippen LogP contribution >= 0.6 is 0 Å². The lowest BCUT2D eigenvalue weighted by molar-refractivity contribution is -0.138. The van der Waals surface area contributed by atoms with Crippen molar-refractivity contribution in [3.63, 3.8) is 0 Å². The smallest absolute Gasteiger partial charge is 0.245 e. The minimum absolute atomic E-state index is 0.0216. The molecule has 4 heterocycles. The van der Waals surface area contributed by atoms with E-state index in [0.29, 0.717) is 0 Å². The van der Waals surface area contributed by atoms with Gasteiger partial charge in [-0.15, -0.1) is 0 Å². The van der Waals surface area contributed by atoms with Crippen LogP contribution in [0, 0.1) is 0 Å². The van der Waals surface area contributed by atoms with Crippen LogP contribution in [0.3, 0.4) is 0 Å². The number of likely N-dealkylation sites (N-methyl/N-ethyl adjacent to an activating group) is 1. The van der Waals surface area contributed by atoms with E-state index in [0.717, 1.165) is 129 Å². The molecule has 2 aliphatic rings. The number of aromatic amines is 2. The van der Waals surface area contributed by atoms with Crippen molar-refractivity contribution in [1.82, 2.24) is 39.5 Å². The molecule has 57 heavy (non-hydrogen) atoms. The fourth-order valence-electron chi connectivity index (χ4n) is 8.98. The molecule has 0 radical (unpaired) electrons. The van der Waals surface area contributed by atoms with Crippen LogP contribution in [-0.4, -0.2) is 96.7 Å². The lowest BCUT2D eigenvalue weighted by Gasteiger charge is -2.34. The second-order valence-electron chi connectivity index (χ2n) is 15.6. The van der Waals surface area contributed by atoms with E-state index < -0.39 is 0 Å². The summed E-state index contributed by atoms with van der Waals surface area (Å²) in [6, 6.07) is 26.7. The molecule has 2 amide bonds. The molecular formula is C47H60N8O2. The molecule has 2 saturated heterocycles. The first-order chi connectivity index (χ1) is 27.8. The number of nitrogens with zero attached hydrogens (tertiary/aromatic N) is 6. The third kappa shape index (κ3) is 8.62. The van der Waals surface area contributed by atoms with Gasteiger partial charge in [0, 0.05) is 13.1 Å². The van der Waals surface area contributed by atoms with Gasteiger partial charge in [0.15, 0.2) is 0 Å². The van der Waals surface area contributed by atoms with E-state index in [1.54, 1.807) is 0 Å². The molecule has 2 aromatic heterocycles. The van der Waals surface area contributed by atoms with Crippen molar-refractivity contribution in [3.05, 3.63) is 108 Å². The largest absolute Gasteiger partial charge is 0.340 e. The van der Waals surface area contributed by atoms with Gasteiger partial charge in [0.2, 0.25) is 11.8 Å². The lowest BCUT2D eigenvalue weighted by Crippen LogP contribution is -2.47. The van der Waals surface area contributed by atoms with Crippen molar-refractivity contribution in [2.24, 2.45) is 0 Å². The summed E-state index contributed by atoms with van der Waals surface area (Å²) in [4.78, 5) is 53.3. The summed E-state index contributed by atoms with van der Waals surface area (Å²) in [5.74, 6) is 2.06. The zero-order valence-electron chi connectivity index (χ0n) is 34.5. The van der Waals surface area contributed by atoms with Crippen LogP contribution in [-0.2, 0) is 9.59 Å². The molecule has 3 aromatic carbocycles. The number of aromatic nitrogens is 4. The minimum atomic E-state index is -0.309. The maximum Gasteiger partial charge on any atom is 0.245 e. The third-order valence-corrected chi connectivity index (χ3v) is 12.1. The summed E-state index contributed by atoms with van der Waals surface area (Å²) in [5, 5.41) is 0. The van der Waals surface area contributed by atoms with Crippen molar-refractivity contribution in [3.8, 4) is 33.6 Å². The van der Waals surface area contributed by atoms with Crippen LogP contribution in [0.25, 0.3) is 33.6 Å². The van der Waals surface area contributed by atoms with Crippen molar-refractivity contribution < 1.29 is 9.59 Å². The van der Waals surface area contributed by atoms with E-state index in [-0.39, 0.29) is 36.0 Å². The molecule has 2 aliphatic heterocycles. The highest BCUT2D eigenvalue weighted by molar-refractivity contribution is 5.84. The third-order valence-electron chi connectivity index (χ3n) is 12.1. The van der Waals surface area contributed by atoms with Crippen LogP contribution in [0.4, 0.5) is 0 Å². The van der Waals surface area contributed by atoms with Crippen molar-refractivity contribution in [2.45, 2.75) is 97.3 Å². The summed E-state index contributed by atoms with van der Waals surface area (Å²) in [6.07, 6.45) is 9.63. The first-order valence-corrected chi connectivity index (χ1v) is 21.3. The number of rotatable bonds is 16. The molecule has 5 aromatic rings. The number of nitrogens with one attached hydrogen (secondary N) is 2. The van der Waals surface area contributed by atoms with Gasteiger partial charge in [0.1, 0.15) is 17.7 Å². The number of H-pyrrole nitrogens is 2. The average Bonchev–Trinajstić information content (AvgIpc) is 4.10. The predicted octanol–water partition coefficient (Wildman–Crippen LogP) is 9.05. The van der Waals surface area contributed by atoms with Gasteiger partial charge in [-0.2, -0.15) is 0 Å². The zero-order valence-corrected chi connectivity index (χ0v) is 34.5. The second-order valence-corrected chi connectivity index (χ2v) is 15.6. The fourth-order valence-corrected chi connectivity index (χ4v) is 8.98. The Morgan fingerprint density at radius 3 is 1.56 bits per heavy atom. The molecule has 0 unspecified atom stereocenters. The SMILES string of the molecule is CCCN(CCC)[C@@H](C)C(=O)N1CCC[C@H]1c1ncc(-c2ccc(-c3ccc(-c4cnc([C@@H]5CCCN5C(=O)[C@@H](c5ccccc5)N(CC)CC)[nH]4)cc3)cc2)[nH]1. The number of likely N-dealkylation sites (tertiary alicyclic amines) is 2. The molecule has 0 saturated carbocycles. The molecule has 0 spiro atoms. The summed E-state index contributed by atoms with van der Waals surface area (Å²) in [6.45, 7) is 15.6. The molecule has 2 N–H and O–H groups in total. The van der Waals surface area contributed by atoms with Gasteiger partial charge in [-0.25, -0.2) is 9.97 Å². The molecule has 0 aliphatic carbocycles. The van der Waals surface area contributed by atoms with E-state index in [2.05, 4.69) is 115 Å². The Labute approximate surface area is 338 Å². The van der Waals surface area contributed by atoms with Gasteiger partial charge in [-0.1, -0.05) is 107 Å². The van der Waals surface area contributed by atoms with Crippen molar-refractivity contribution in [1.29, 1.82) is 0 Å². The average molecular weight is 769 g/mol. The molecule has 10 nitrogen and oxygen atoms in total. The Morgan fingerprint density at radius 1 is 0.649 bits per heavy atom. The Balaban J connectivity index is 1.01. The van der Waals surface area contributed by atoms with Crippen molar-refractivity contribution in [2.75, 3.05) is 39.3 Å². The Bertz CT molecular complexity index is 2050. The van der Waals surface area contributed by atoms with Gasteiger partial charge in [-0.3, -0.25) is 19.4 Å². The number of carbonyl (C=O) groups excluding carboxylic acids is 2. The van der Waals surface area contributed by atoms with Crippen molar-refractivity contribution >= 4 is 11.8 Å². The van der Waals surface area contributed by atoms with E-state index in [9.17, 15) is 9.59 Å². The molecule has 7 rings (SSSR count). The number of carbonyl (C=O) groups is 2. The number of hydrogen-bond acceptors (Lipinski definition) is 6. The highest BCUT2D eigenvalue weighted by Gasteiger charge is 2.38. The van der Waals surface area contributed by atoms with Gasteiger partial charge < -0.3 is 19.8 Å². The second kappa shape index (κ2) is 18.5. The van der Waals surface area contributed by atoms with Crippen LogP contribution in [0.1, 0.15) is 108 Å². The molecule has 4 atom stereocenters. The monoisotopic (exact) mass is 768 g/mol. The molecule has 300 valence electrons. The standard InChI is InChI=1S/C47H60N8O2/c1-6-27-53(28-7-2)33(5)46(56)54-29-13-17-41(54)44-48-31-39(50-44)36-23-19-34(20-24-36)35-21-25-37(26-22-35)40-32-49-45(51-40)42-18-14-30-55(42)47(57)43(52(8-3)9-4)38-15-11-10-12-16-38/h10-12,15-16,19-26,31-33,41-43H,6-9,13-14,17-18,27-30H2,1-5H3,(H,48,50)(H,49,51)/t33-,41-,42-,43+/m0/s1. The van der Waals surface area contributed by atoms with Crippen LogP contribution in [0.2, 0.25) is 0 Å². The number of benzene rings is 3. The van der Waals surface area contributed by atoms with Gasteiger partial charge in [0.25, 0.3) is 0 Å². The summed E-state index contributed by atoms with van der Waals surface area (Å²) in [5.41, 5.74) is 7.31. The van der Waals surface area contributed by atoms with E-state index >= 15 is 0 Å². The van der Waals surface area contributed by atoms with Gasteiger partial charge in [0.05, 0.1) is 41.9 Å². The maximum atomic E-state index is 14.2. The summed E-state index contributed by atoms with van der Waals surface area (Å²) >= 11 is 0. The topological polar surface area (TPSA) is 104 Å². The molecule has 0 bridgehead atoms. The summed E-state index contributed by atoms with van der Waals surface area (Å²) in [7, 11) is 0. The first-order valence-electron chi connectivity index (χ1n) is 21.3. The van der Waals surface area contributed by atoms with Crippen LogP contribution < -0.4 is 0 Å². The Hall–Kier alpha value is -5.06. The fraction of sp³-hybridized carbons (Fsp3) is 0.447. The van der Waals surface area contributed by atoms with E-state index in [1.165, 1.54) is 0 Å². The highest BCUT2D eigenvalue weighted by Crippen LogP contribution is 2.37. The summed E-state index contributed by atoms with van der Waals surface area (Å²) < 4.78 is 0. The molecule has 2 fully saturated rings.